The number of aromatic nitrogens is 3. The average Bonchev–Trinajstić information content (AvgIpc) is 2.59. The molecule has 0 aromatic carbocycles. The second kappa shape index (κ2) is 6.09. The Morgan fingerprint density at radius 1 is 1.27 bits per heavy atom. The van der Waals surface area contributed by atoms with Gasteiger partial charge in [-0.1, -0.05) is 11.8 Å². The molecule has 0 saturated heterocycles. The van der Waals surface area contributed by atoms with Gasteiger partial charge in [-0.15, -0.1) is 10.2 Å². The summed E-state index contributed by atoms with van der Waals surface area (Å²) in [6.07, 6.45) is 1.54. The molecule has 0 atom stereocenters. The van der Waals surface area contributed by atoms with Crippen molar-refractivity contribution in [2.45, 2.75) is 25.3 Å². The lowest BCUT2D eigenvalue weighted by molar-refractivity contribution is -0.146. The molecule has 6 heteroatoms. The molecular weight excluding hydrogens is 214 g/mol. The Labute approximate surface area is 94.2 Å². The van der Waals surface area contributed by atoms with Gasteiger partial charge in [0.15, 0.2) is 11.0 Å². The fourth-order valence-corrected chi connectivity index (χ4v) is 1.70. The topological polar surface area (TPSA) is 49.2 Å². The van der Waals surface area contributed by atoms with E-state index in [0.29, 0.717) is 19.0 Å². The standard InChI is InChI=1S/C9H17N3O2S/c1-5-13-8(14-6-2)7-10-11-9(15-4)12(7)3/h8H,5-6H2,1-4H3. The highest BCUT2D eigenvalue weighted by Crippen LogP contribution is 2.20. The van der Waals surface area contributed by atoms with E-state index in [2.05, 4.69) is 10.2 Å². The van der Waals surface area contributed by atoms with Gasteiger partial charge in [-0.25, -0.2) is 0 Å². The van der Waals surface area contributed by atoms with Gasteiger partial charge in [0.2, 0.25) is 6.29 Å². The minimum atomic E-state index is -0.418. The van der Waals surface area contributed by atoms with Gasteiger partial charge >= 0.3 is 0 Å². The first-order valence-electron chi connectivity index (χ1n) is 4.91. The molecule has 5 nitrogen and oxygen atoms in total. The maximum absolute atomic E-state index is 5.45. The van der Waals surface area contributed by atoms with Crippen LogP contribution in [0.1, 0.15) is 26.0 Å². The molecule has 86 valence electrons. The van der Waals surface area contributed by atoms with Crippen molar-refractivity contribution in [3.63, 3.8) is 0 Å². The summed E-state index contributed by atoms with van der Waals surface area (Å²) >= 11 is 1.55. The van der Waals surface area contributed by atoms with Crippen LogP contribution < -0.4 is 0 Å². The first-order valence-corrected chi connectivity index (χ1v) is 6.13. The van der Waals surface area contributed by atoms with E-state index >= 15 is 0 Å². The number of nitrogens with zero attached hydrogens (tertiary/aromatic N) is 3. The number of hydrogen-bond donors (Lipinski definition) is 0. The van der Waals surface area contributed by atoms with Crippen LogP contribution in [-0.4, -0.2) is 34.2 Å². The van der Waals surface area contributed by atoms with E-state index in [1.54, 1.807) is 11.8 Å². The predicted octanol–water partition coefficient (Wildman–Crippen LogP) is 1.61. The van der Waals surface area contributed by atoms with Crippen LogP contribution in [-0.2, 0) is 16.5 Å². The fourth-order valence-electron chi connectivity index (χ4n) is 1.21. The van der Waals surface area contributed by atoms with Crippen molar-refractivity contribution in [1.82, 2.24) is 14.8 Å². The zero-order valence-corrected chi connectivity index (χ0v) is 10.4. The third-order valence-electron chi connectivity index (χ3n) is 1.90. The summed E-state index contributed by atoms with van der Waals surface area (Å²) in [5.74, 6) is 0.711. The molecule has 0 radical (unpaired) electrons. The van der Waals surface area contributed by atoms with E-state index in [4.69, 9.17) is 9.47 Å². The molecular formula is C9H17N3O2S. The smallest absolute Gasteiger partial charge is 0.219 e. The van der Waals surface area contributed by atoms with Crippen molar-refractivity contribution in [3.8, 4) is 0 Å². The quantitative estimate of drug-likeness (QED) is 0.550. The van der Waals surface area contributed by atoms with Gasteiger partial charge in [-0.05, 0) is 20.1 Å². The molecule has 0 amide bonds. The van der Waals surface area contributed by atoms with Crippen molar-refractivity contribution in [2.24, 2.45) is 7.05 Å². The maximum Gasteiger partial charge on any atom is 0.219 e. The summed E-state index contributed by atoms with van der Waals surface area (Å²) in [4.78, 5) is 0. The molecule has 0 aliphatic heterocycles. The fraction of sp³-hybridized carbons (Fsp3) is 0.778. The zero-order valence-electron chi connectivity index (χ0n) is 9.56. The molecule has 1 aromatic heterocycles. The van der Waals surface area contributed by atoms with Crippen molar-refractivity contribution >= 4 is 11.8 Å². The third-order valence-corrected chi connectivity index (χ3v) is 2.62. The van der Waals surface area contributed by atoms with E-state index in [9.17, 15) is 0 Å². The van der Waals surface area contributed by atoms with Crippen LogP contribution in [0.4, 0.5) is 0 Å². The highest BCUT2D eigenvalue weighted by Gasteiger charge is 2.19. The minimum absolute atomic E-state index is 0.418. The van der Waals surface area contributed by atoms with E-state index in [1.807, 2.05) is 31.7 Å². The maximum atomic E-state index is 5.45. The molecule has 0 aliphatic carbocycles. The van der Waals surface area contributed by atoms with Crippen molar-refractivity contribution in [1.29, 1.82) is 0 Å². The first-order chi connectivity index (χ1) is 7.24. The molecule has 0 aliphatic rings. The number of rotatable bonds is 6. The van der Waals surface area contributed by atoms with Crippen LogP contribution in [0, 0.1) is 0 Å². The molecule has 15 heavy (non-hydrogen) atoms. The number of hydrogen-bond acceptors (Lipinski definition) is 5. The van der Waals surface area contributed by atoms with Crippen LogP contribution in [0.25, 0.3) is 0 Å². The Morgan fingerprint density at radius 3 is 2.27 bits per heavy atom. The molecule has 0 fully saturated rings. The molecule has 1 rings (SSSR count). The average molecular weight is 231 g/mol. The van der Waals surface area contributed by atoms with Crippen molar-refractivity contribution in [3.05, 3.63) is 5.82 Å². The van der Waals surface area contributed by atoms with E-state index in [0.717, 1.165) is 5.16 Å². The van der Waals surface area contributed by atoms with Gasteiger partial charge in [0, 0.05) is 20.3 Å². The second-order valence-corrected chi connectivity index (χ2v) is 3.62. The Kier molecular flexibility index (Phi) is 5.07. The van der Waals surface area contributed by atoms with Crippen molar-refractivity contribution < 1.29 is 9.47 Å². The number of ether oxygens (including phenoxy) is 2. The van der Waals surface area contributed by atoms with E-state index in [-0.39, 0.29) is 0 Å². The van der Waals surface area contributed by atoms with Gasteiger partial charge in [-0.2, -0.15) is 0 Å². The molecule has 0 unspecified atom stereocenters. The Bertz CT molecular complexity index is 298. The second-order valence-electron chi connectivity index (χ2n) is 2.85. The zero-order chi connectivity index (χ0) is 11.3. The largest absolute Gasteiger partial charge is 0.346 e. The predicted molar refractivity (Wildman–Crippen MR) is 58.8 cm³/mol. The van der Waals surface area contributed by atoms with Crippen molar-refractivity contribution in [2.75, 3.05) is 19.5 Å². The molecule has 1 aromatic rings. The Morgan fingerprint density at radius 2 is 1.87 bits per heavy atom. The van der Waals surface area contributed by atoms with Gasteiger partial charge in [0.05, 0.1) is 0 Å². The molecule has 0 saturated carbocycles. The highest BCUT2D eigenvalue weighted by atomic mass is 32.2. The highest BCUT2D eigenvalue weighted by molar-refractivity contribution is 7.98. The molecule has 1 heterocycles. The lowest BCUT2D eigenvalue weighted by atomic mass is 10.5. The molecule has 0 N–H and O–H groups in total. The first kappa shape index (κ1) is 12.5. The van der Waals surface area contributed by atoms with Crippen LogP contribution in [0.2, 0.25) is 0 Å². The van der Waals surface area contributed by atoms with Gasteiger partial charge in [-0.3, -0.25) is 0 Å². The van der Waals surface area contributed by atoms with Crippen LogP contribution in [0.3, 0.4) is 0 Å². The lowest BCUT2D eigenvalue weighted by Crippen LogP contribution is -2.14. The third kappa shape index (κ3) is 2.93. The summed E-state index contributed by atoms with van der Waals surface area (Å²) in [6.45, 7) is 5.04. The van der Waals surface area contributed by atoms with Crippen LogP contribution in [0.15, 0.2) is 5.16 Å². The monoisotopic (exact) mass is 231 g/mol. The SMILES string of the molecule is CCOC(OCC)c1nnc(SC)n1C. The van der Waals surface area contributed by atoms with Gasteiger partial charge < -0.3 is 14.0 Å². The summed E-state index contributed by atoms with van der Waals surface area (Å²) in [6, 6.07) is 0. The molecule has 0 bridgehead atoms. The van der Waals surface area contributed by atoms with Gasteiger partial charge in [0.25, 0.3) is 0 Å². The summed E-state index contributed by atoms with van der Waals surface area (Å²) in [5, 5.41) is 8.96. The summed E-state index contributed by atoms with van der Waals surface area (Å²) in [7, 11) is 1.91. The number of thioether (sulfide) groups is 1. The summed E-state index contributed by atoms with van der Waals surface area (Å²) < 4.78 is 12.8. The van der Waals surface area contributed by atoms with Gasteiger partial charge in [0.1, 0.15) is 0 Å². The Balaban J connectivity index is 2.84. The van der Waals surface area contributed by atoms with E-state index in [1.165, 1.54) is 0 Å². The van der Waals surface area contributed by atoms with Crippen LogP contribution >= 0.6 is 11.8 Å². The summed E-state index contributed by atoms with van der Waals surface area (Å²) in [5.41, 5.74) is 0. The molecule has 0 spiro atoms. The Hall–Kier alpha value is -0.590. The van der Waals surface area contributed by atoms with E-state index < -0.39 is 6.29 Å². The lowest BCUT2D eigenvalue weighted by Gasteiger charge is -2.15. The normalized spacial score (nSPS) is 11.3. The van der Waals surface area contributed by atoms with Crippen LogP contribution in [0.5, 0.6) is 0 Å². The minimum Gasteiger partial charge on any atom is -0.346 e.